The van der Waals surface area contributed by atoms with Crippen molar-refractivity contribution in [3.8, 4) is 11.5 Å². The molecule has 2 rings (SSSR count). The summed E-state index contributed by atoms with van der Waals surface area (Å²) < 4.78 is 14.9. The van der Waals surface area contributed by atoms with Crippen molar-refractivity contribution in [1.82, 2.24) is 5.32 Å². The van der Waals surface area contributed by atoms with E-state index in [1.807, 2.05) is 5.32 Å². The maximum Gasteiger partial charge on any atom is 0.344 e. The van der Waals surface area contributed by atoms with E-state index >= 15 is 0 Å². The van der Waals surface area contributed by atoms with Crippen LogP contribution in [0.25, 0.3) is 0 Å². The minimum atomic E-state index is -0.780. The highest BCUT2D eigenvalue weighted by Crippen LogP contribution is 2.17. The molecule has 0 aliphatic heterocycles. The fraction of sp³-hybridized carbons (Fsp3) is 0.167. The molecule has 8 nitrogen and oxygen atoms in total. The molecule has 0 saturated carbocycles. The third kappa shape index (κ3) is 7.25. The highest BCUT2D eigenvalue weighted by molar-refractivity contribution is 6.30. The normalized spacial score (nSPS) is 9.85. The molecule has 0 atom stereocenters. The molecular formula is C18H17ClN2O6. The SMILES string of the molecule is COc1ccc(NC(=O)NC(=O)COC(=O)COc2cccc(Cl)c2)cc1. The molecule has 3 amide bonds. The van der Waals surface area contributed by atoms with Gasteiger partial charge in [0.25, 0.3) is 5.91 Å². The van der Waals surface area contributed by atoms with Gasteiger partial charge in [0.05, 0.1) is 7.11 Å². The molecule has 0 radical (unpaired) electrons. The zero-order chi connectivity index (χ0) is 19.6. The predicted molar refractivity (Wildman–Crippen MR) is 98.1 cm³/mol. The number of amides is 3. The summed E-state index contributed by atoms with van der Waals surface area (Å²) in [6, 6.07) is 12.2. The highest BCUT2D eigenvalue weighted by Gasteiger charge is 2.12. The number of carbonyl (C=O) groups excluding carboxylic acids is 3. The number of halogens is 1. The maximum absolute atomic E-state index is 11.7. The van der Waals surface area contributed by atoms with Crippen molar-refractivity contribution < 1.29 is 28.6 Å². The molecular weight excluding hydrogens is 376 g/mol. The van der Waals surface area contributed by atoms with Crippen molar-refractivity contribution in [2.45, 2.75) is 0 Å². The first-order chi connectivity index (χ1) is 13.0. The maximum atomic E-state index is 11.7. The smallest absolute Gasteiger partial charge is 0.344 e. The van der Waals surface area contributed by atoms with E-state index in [0.717, 1.165) is 0 Å². The van der Waals surface area contributed by atoms with Crippen LogP contribution in [-0.2, 0) is 14.3 Å². The van der Waals surface area contributed by atoms with Crippen molar-refractivity contribution in [3.63, 3.8) is 0 Å². The molecule has 0 spiro atoms. The first-order valence-electron chi connectivity index (χ1n) is 7.75. The van der Waals surface area contributed by atoms with Crippen LogP contribution < -0.4 is 20.1 Å². The first kappa shape index (κ1) is 20.1. The highest BCUT2D eigenvalue weighted by atomic mass is 35.5. The van der Waals surface area contributed by atoms with Crippen LogP contribution in [0.5, 0.6) is 11.5 Å². The molecule has 2 N–H and O–H groups in total. The number of ether oxygens (including phenoxy) is 3. The fourth-order valence-corrected chi connectivity index (χ4v) is 2.07. The third-order valence-electron chi connectivity index (χ3n) is 3.12. The van der Waals surface area contributed by atoms with Crippen molar-refractivity contribution in [3.05, 3.63) is 53.6 Å². The van der Waals surface area contributed by atoms with Crippen molar-refractivity contribution in [2.75, 3.05) is 25.6 Å². The number of anilines is 1. The number of imide groups is 1. The van der Waals surface area contributed by atoms with Crippen LogP contribution in [0.1, 0.15) is 0 Å². The Morgan fingerprint density at radius 3 is 2.41 bits per heavy atom. The number of urea groups is 1. The lowest BCUT2D eigenvalue weighted by atomic mass is 10.3. The largest absolute Gasteiger partial charge is 0.497 e. The van der Waals surface area contributed by atoms with Crippen LogP contribution in [0.15, 0.2) is 48.5 Å². The Kier molecular flexibility index (Phi) is 7.45. The minimum Gasteiger partial charge on any atom is -0.497 e. The summed E-state index contributed by atoms with van der Waals surface area (Å²) in [5, 5.41) is 4.96. The molecule has 9 heteroatoms. The molecule has 0 aliphatic carbocycles. The van der Waals surface area contributed by atoms with E-state index < -0.39 is 31.1 Å². The van der Waals surface area contributed by atoms with Crippen LogP contribution in [-0.4, -0.2) is 38.2 Å². The number of benzene rings is 2. The van der Waals surface area contributed by atoms with Gasteiger partial charge in [-0.25, -0.2) is 9.59 Å². The van der Waals surface area contributed by atoms with E-state index in [0.29, 0.717) is 22.2 Å². The molecule has 0 fully saturated rings. The zero-order valence-electron chi connectivity index (χ0n) is 14.4. The summed E-state index contributed by atoms with van der Waals surface area (Å²) in [7, 11) is 1.52. The van der Waals surface area contributed by atoms with E-state index in [9.17, 15) is 14.4 Å². The van der Waals surface area contributed by atoms with Crippen LogP contribution in [0.3, 0.4) is 0 Å². The van der Waals surface area contributed by atoms with E-state index in [2.05, 4.69) is 5.32 Å². The Balaban J connectivity index is 1.68. The van der Waals surface area contributed by atoms with Crippen LogP contribution in [0.4, 0.5) is 10.5 Å². The second-order valence-corrected chi connectivity index (χ2v) is 5.57. The van der Waals surface area contributed by atoms with Gasteiger partial charge in [-0.3, -0.25) is 10.1 Å². The van der Waals surface area contributed by atoms with Crippen LogP contribution in [0, 0.1) is 0 Å². The monoisotopic (exact) mass is 392 g/mol. The van der Waals surface area contributed by atoms with Crippen LogP contribution >= 0.6 is 11.6 Å². The molecule has 0 aromatic heterocycles. The Bertz CT molecular complexity index is 810. The molecule has 0 unspecified atom stereocenters. The van der Waals surface area contributed by atoms with Gasteiger partial charge >= 0.3 is 12.0 Å². The molecule has 2 aromatic rings. The van der Waals surface area contributed by atoms with Crippen molar-refractivity contribution in [2.24, 2.45) is 0 Å². The summed E-state index contributed by atoms with van der Waals surface area (Å²) in [6.45, 7) is -1.01. The number of hydrogen-bond acceptors (Lipinski definition) is 6. The standard InChI is InChI=1S/C18H17ClN2O6/c1-25-14-7-5-13(6-8-14)20-18(24)21-16(22)10-27-17(23)11-26-15-4-2-3-12(19)9-15/h2-9H,10-11H2,1H3,(H2,20,21,22,24). The van der Waals surface area contributed by atoms with Gasteiger partial charge in [-0.2, -0.15) is 0 Å². The molecule has 0 aliphatic rings. The molecule has 27 heavy (non-hydrogen) atoms. The number of hydrogen-bond donors (Lipinski definition) is 2. The summed E-state index contributed by atoms with van der Waals surface area (Å²) in [5.74, 6) is -0.524. The van der Waals surface area contributed by atoms with Crippen molar-refractivity contribution >= 4 is 35.2 Å². The first-order valence-corrected chi connectivity index (χ1v) is 8.13. The Labute approximate surface area is 160 Å². The zero-order valence-corrected chi connectivity index (χ0v) is 15.1. The second-order valence-electron chi connectivity index (χ2n) is 5.14. The molecule has 0 heterocycles. The fourth-order valence-electron chi connectivity index (χ4n) is 1.89. The Morgan fingerprint density at radius 1 is 1.00 bits per heavy atom. The molecule has 0 saturated heterocycles. The topological polar surface area (TPSA) is 103 Å². The lowest BCUT2D eigenvalue weighted by Gasteiger charge is -2.09. The lowest BCUT2D eigenvalue weighted by molar-refractivity contribution is -0.150. The third-order valence-corrected chi connectivity index (χ3v) is 3.35. The number of esters is 1. The van der Waals surface area contributed by atoms with Gasteiger partial charge in [0.15, 0.2) is 13.2 Å². The lowest BCUT2D eigenvalue weighted by Crippen LogP contribution is -2.37. The Hall–Kier alpha value is -3.26. The predicted octanol–water partition coefficient (Wildman–Crippen LogP) is 2.62. The van der Waals surface area contributed by atoms with Gasteiger partial charge < -0.3 is 19.5 Å². The van der Waals surface area contributed by atoms with Gasteiger partial charge in [0.2, 0.25) is 0 Å². The number of nitrogens with one attached hydrogen (secondary N) is 2. The number of rotatable bonds is 7. The summed E-state index contributed by atoms with van der Waals surface area (Å²) in [5.41, 5.74) is 0.466. The van der Waals surface area contributed by atoms with Gasteiger partial charge in [-0.05, 0) is 42.5 Å². The minimum absolute atomic E-state index is 0.391. The van der Waals surface area contributed by atoms with Crippen LogP contribution in [0.2, 0.25) is 5.02 Å². The van der Waals surface area contributed by atoms with Crippen molar-refractivity contribution in [1.29, 1.82) is 0 Å². The summed E-state index contributed by atoms with van der Waals surface area (Å²) in [4.78, 5) is 34.9. The molecule has 2 aromatic carbocycles. The number of carbonyl (C=O) groups is 3. The van der Waals surface area contributed by atoms with Gasteiger partial charge in [0.1, 0.15) is 11.5 Å². The summed E-state index contributed by atoms with van der Waals surface area (Å²) >= 11 is 5.79. The second kappa shape index (κ2) is 10.0. The van der Waals surface area contributed by atoms with Gasteiger partial charge in [0, 0.05) is 10.7 Å². The average Bonchev–Trinajstić information content (AvgIpc) is 2.65. The average molecular weight is 393 g/mol. The van der Waals surface area contributed by atoms with E-state index in [-0.39, 0.29) is 0 Å². The summed E-state index contributed by atoms with van der Waals surface area (Å²) in [6.07, 6.45) is 0. The molecule has 0 bridgehead atoms. The van der Waals surface area contributed by atoms with E-state index in [1.54, 1.807) is 42.5 Å². The van der Waals surface area contributed by atoms with E-state index in [4.69, 9.17) is 25.8 Å². The number of methoxy groups -OCH3 is 1. The van der Waals surface area contributed by atoms with Gasteiger partial charge in [-0.15, -0.1) is 0 Å². The van der Waals surface area contributed by atoms with Gasteiger partial charge in [-0.1, -0.05) is 17.7 Å². The molecule has 142 valence electrons. The van der Waals surface area contributed by atoms with E-state index in [1.165, 1.54) is 13.2 Å². The Morgan fingerprint density at radius 2 is 1.74 bits per heavy atom. The quantitative estimate of drug-likeness (QED) is 0.702.